The molecule has 0 amide bonds. The molecule has 1 aromatic carbocycles. The third kappa shape index (κ3) is 3.06. The highest BCUT2D eigenvalue weighted by Crippen LogP contribution is 2.62. The molecule has 1 heterocycles. The van der Waals surface area contributed by atoms with Crippen LogP contribution in [0.1, 0.15) is 24.6 Å². The van der Waals surface area contributed by atoms with Crippen LogP contribution in [0.25, 0.3) is 10.1 Å². The summed E-state index contributed by atoms with van der Waals surface area (Å²) in [6.45, 7) is 3.65. The number of halogens is 1. The van der Waals surface area contributed by atoms with Crippen molar-refractivity contribution in [3.63, 3.8) is 0 Å². The van der Waals surface area contributed by atoms with E-state index in [0.29, 0.717) is 4.88 Å². The molecule has 2 aromatic rings. The molecular formula is C13H16FO3PS. The first-order chi connectivity index (χ1) is 9.10. The third-order valence-corrected chi connectivity index (χ3v) is 5.97. The molecule has 0 aliphatic carbocycles. The summed E-state index contributed by atoms with van der Waals surface area (Å²) in [5, 5.41) is 0.935. The van der Waals surface area contributed by atoms with E-state index in [1.165, 1.54) is 11.3 Å². The minimum absolute atomic E-state index is 0.155. The second kappa shape index (κ2) is 6.14. The fourth-order valence-corrected chi connectivity index (χ4v) is 4.72. The van der Waals surface area contributed by atoms with E-state index in [2.05, 4.69) is 0 Å². The van der Waals surface area contributed by atoms with Gasteiger partial charge in [0, 0.05) is 4.70 Å². The third-order valence-electron chi connectivity index (χ3n) is 2.58. The lowest BCUT2D eigenvalue weighted by Gasteiger charge is -2.19. The Morgan fingerprint density at radius 2 is 1.89 bits per heavy atom. The number of hydrogen-bond donors (Lipinski definition) is 0. The minimum Gasteiger partial charge on any atom is -0.307 e. The number of alkyl halides is 1. The van der Waals surface area contributed by atoms with E-state index >= 15 is 0 Å². The molecule has 1 atom stereocenters. The maximum atomic E-state index is 14.5. The van der Waals surface area contributed by atoms with Crippen molar-refractivity contribution in [3.05, 3.63) is 35.2 Å². The van der Waals surface area contributed by atoms with Crippen molar-refractivity contribution in [2.45, 2.75) is 19.8 Å². The first-order valence-electron chi connectivity index (χ1n) is 6.12. The zero-order valence-electron chi connectivity index (χ0n) is 10.8. The summed E-state index contributed by atoms with van der Waals surface area (Å²) in [5.74, 6) is -1.73. The summed E-state index contributed by atoms with van der Waals surface area (Å²) < 4.78 is 37.9. The van der Waals surface area contributed by atoms with Gasteiger partial charge in [0.2, 0.25) is 5.91 Å². The molecule has 0 N–H and O–H groups in total. The van der Waals surface area contributed by atoms with E-state index in [-0.39, 0.29) is 13.2 Å². The topological polar surface area (TPSA) is 35.5 Å². The van der Waals surface area contributed by atoms with Crippen LogP contribution in [0.3, 0.4) is 0 Å². The molecule has 0 fully saturated rings. The predicted molar refractivity (Wildman–Crippen MR) is 76.5 cm³/mol. The van der Waals surface area contributed by atoms with Gasteiger partial charge in [0.15, 0.2) is 0 Å². The van der Waals surface area contributed by atoms with Gasteiger partial charge in [0.25, 0.3) is 0 Å². The van der Waals surface area contributed by atoms with Gasteiger partial charge in [0.1, 0.15) is 0 Å². The summed E-state index contributed by atoms with van der Waals surface area (Å²) in [6.07, 6.45) is 0. The van der Waals surface area contributed by atoms with E-state index in [4.69, 9.17) is 9.05 Å². The minimum atomic E-state index is -3.74. The van der Waals surface area contributed by atoms with Crippen molar-refractivity contribution in [2.75, 3.05) is 13.2 Å². The fraction of sp³-hybridized carbons (Fsp3) is 0.385. The second-order valence-electron chi connectivity index (χ2n) is 3.90. The molecule has 104 valence electrons. The van der Waals surface area contributed by atoms with E-state index in [1.807, 2.05) is 24.3 Å². The summed E-state index contributed by atoms with van der Waals surface area (Å²) in [5.41, 5.74) is 0. The standard InChI is InChI=1S/C13H16FO3PS/c1-3-16-18(15,17-4-2)13(14)12-9-10-7-5-6-8-11(10)19-12/h5-9,13H,3-4H2,1-2H3. The van der Waals surface area contributed by atoms with Crippen LogP contribution >= 0.6 is 18.9 Å². The smallest absolute Gasteiger partial charge is 0.307 e. The number of hydrogen-bond acceptors (Lipinski definition) is 4. The van der Waals surface area contributed by atoms with Crippen molar-refractivity contribution < 1.29 is 18.0 Å². The first-order valence-corrected chi connectivity index (χ1v) is 8.55. The Morgan fingerprint density at radius 1 is 1.26 bits per heavy atom. The van der Waals surface area contributed by atoms with Crippen molar-refractivity contribution in [3.8, 4) is 0 Å². The highest BCUT2D eigenvalue weighted by molar-refractivity contribution is 7.54. The van der Waals surface area contributed by atoms with Crippen molar-refractivity contribution in [2.24, 2.45) is 0 Å². The van der Waals surface area contributed by atoms with Crippen LogP contribution in [-0.2, 0) is 13.6 Å². The van der Waals surface area contributed by atoms with Gasteiger partial charge in [-0.2, -0.15) is 0 Å². The van der Waals surface area contributed by atoms with Gasteiger partial charge in [-0.1, -0.05) is 18.2 Å². The Morgan fingerprint density at radius 3 is 2.47 bits per heavy atom. The zero-order valence-corrected chi connectivity index (χ0v) is 12.5. The molecule has 0 aliphatic heterocycles. The SMILES string of the molecule is CCOP(=O)(OCC)C(F)c1cc2ccccc2s1. The predicted octanol–water partition coefficient (Wildman–Crippen LogP) is 5.14. The van der Waals surface area contributed by atoms with Gasteiger partial charge in [0.05, 0.1) is 18.1 Å². The molecule has 1 unspecified atom stereocenters. The largest absolute Gasteiger partial charge is 0.369 e. The molecule has 19 heavy (non-hydrogen) atoms. The zero-order chi connectivity index (χ0) is 13.9. The van der Waals surface area contributed by atoms with Crippen LogP contribution in [0.2, 0.25) is 0 Å². The van der Waals surface area contributed by atoms with Crippen molar-refractivity contribution >= 4 is 29.0 Å². The molecule has 3 nitrogen and oxygen atoms in total. The molecular weight excluding hydrogens is 286 g/mol. The molecule has 0 bridgehead atoms. The molecule has 0 radical (unpaired) electrons. The monoisotopic (exact) mass is 302 g/mol. The Labute approximate surface area is 115 Å². The lowest BCUT2D eigenvalue weighted by atomic mass is 10.2. The molecule has 0 saturated carbocycles. The number of fused-ring (bicyclic) bond motifs is 1. The first kappa shape index (κ1) is 14.7. The Kier molecular flexibility index (Phi) is 4.74. The summed E-state index contributed by atoms with van der Waals surface area (Å²) in [7, 11) is -3.74. The number of rotatable bonds is 6. The maximum Gasteiger partial charge on any atom is 0.369 e. The van der Waals surface area contributed by atoms with E-state index in [0.717, 1.165) is 10.1 Å². The number of benzene rings is 1. The summed E-state index contributed by atoms with van der Waals surface area (Å²) >= 11 is 1.28. The van der Waals surface area contributed by atoms with Crippen LogP contribution in [0, 0.1) is 0 Å². The molecule has 1 aromatic heterocycles. The maximum absolute atomic E-state index is 14.5. The van der Waals surface area contributed by atoms with Crippen LogP contribution in [0.5, 0.6) is 0 Å². The van der Waals surface area contributed by atoms with E-state index in [1.54, 1.807) is 19.9 Å². The van der Waals surface area contributed by atoms with Gasteiger partial charge in [-0.05, 0) is 31.4 Å². The average Bonchev–Trinajstić information content (AvgIpc) is 2.82. The van der Waals surface area contributed by atoms with Gasteiger partial charge < -0.3 is 9.05 Å². The second-order valence-corrected chi connectivity index (χ2v) is 7.06. The Bertz CT molecular complexity index is 555. The highest BCUT2D eigenvalue weighted by atomic mass is 32.1. The van der Waals surface area contributed by atoms with Gasteiger partial charge in [-0.15, -0.1) is 11.3 Å². The van der Waals surface area contributed by atoms with E-state index in [9.17, 15) is 8.96 Å². The van der Waals surface area contributed by atoms with Crippen LogP contribution in [0.15, 0.2) is 30.3 Å². The Balaban J connectivity index is 2.35. The normalized spacial score (nSPS) is 13.8. The number of thiophene rings is 1. The molecule has 0 spiro atoms. The van der Waals surface area contributed by atoms with Gasteiger partial charge >= 0.3 is 7.60 Å². The van der Waals surface area contributed by atoms with Crippen molar-refractivity contribution in [1.82, 2.24) is 0 Å². The summed E-state index contributed by atoms with van der Waals surface area (Å²) in [6, 6.07) is 9.28. The fourth-order valence-electron chi connectivity index (χ4n) is 1.80. The molecule has 6 heteroatoms. The van der Waals surface area contributed by atoms with Crippen LogP contribution in [0.4, 0.5) is 4.39 Å². The van der Waals surface area contributed by atoms with Crippen molar-refractivity contribution in [1.29, 1.82) is 0 Å². The van der Waals surface area contributed by atoms with E-state index < -0.39 is 13.5 Å². The quantitative estimate of drug-likeness (QED) is 0.693. The van der Waals surface area contributed by atoms with Crippen LogP contribution in [-0.4, -0.2) is 13.2 Å². The lowest BCUT2D eigenvalue weighted by Crippen LogP contribution is -2.01. The highest BCUT2D eigenvalue weighted by Gasteiger charge is 2.38. The molecule has 0 saturated heterocycles. The summed E-state index contributed by atoms with van der Waals surface area (Å²) in [4.78, 5) is 0.381. The lowest BCUT2D eigenvalue weighted by molar-refractivity contribution is 0.191. The Hall–Kier alpha value is -0.740. The van der Waals surface area contributed by atoms with Crippen LogP contribution < -0.4 is 0 Å². The molecule has 2 rings (SSSR count). The average molecular weight is 302 g/mol. The van der Waals surface area contributed by atoms with Gasteiger partial charge in [-0.25, -0.2) is 4.39 Å². The van der Waals surface area contributed by atoms with Gasteiger partial charge in [-0.3, -0.25) is 4.57 Å². The molecule has 0 aliphatic rings.